The average Bonchev–Trinajstić information content (AvgIpc) is 3.30. The average molecular weight is 436 g/mol. The Bertz CT molecular complexity index is 1310. The van der Waals surface area contributed by atoms with Crippen molar-refractivity contribution < 1.29 is 0 Å². The highest BCUT2D eigenvalue weighted by atomic mass is 32.1. The minimum Gasteiger partial charge on any atom is -0.340 e. The molecule has 158 valence electrons. The number of aromatic nitrogens is 2. The second kappa shape index (κ2) is 9.33. The third-order valence-electron chi connectivity index (χ3n) is 5.71. The van der Waals surface area contributed by atoms with E-state index in [1.165, 1.54) is 35.1 Å². The molecule has 0 fully saturated rings. The van der Waals surface area contributed by atoms with E-state index in [2.05, 4.69) is 100 Å². The normalized spacial score (nSPS) is 11.0. The molecule has 0 unspecified atom stereocenters. The van der Waals surface area contributed by atoms with E-state index in [0.717, 1.165) is 33.7 Å². The molecule has 0 aliphatic carbocycles. The number of fused-ring (bicyclic) bond motifs is 1. The van der Waals surface area contributed by atoms with Gasteiger partial charge in [-0.2, -0.15) is 0 Å². The number of hydrogen-bond acceptors (Lipinski definition) is 4. The molecule has 0 atom stereocenters. The zero-order valence-corrected chi connectivity index (χ0v) is 18.9. The van der Waals surface area contributed by atoms with Gasteiger partial charge < -0.3 is 5.32 Å². The lowest BCUT2D eigenvalue weighted by atomic mass is 10.0. The van der Waals surface area contributed by atoms with Crippen molar-refractivity contribution in [3.8, 4) is 22.3 Å². The molecule has 0 saturated heterocycles. The van der Waals surface area contributed by atoms with E-state index < -0.39 is 0 Å². The van der Waals surface area contributed by atoms with Crippen molar-refractivity contribution in [2.75, 3.05) is 5.32 Å². The summed E-state index contributed by atoms with van der Waals surface area (Å²) in [6, 6.07) is 27.9. The number of hydrogen-bond donors (Lipinski definition) is 1. The van der Waals surface area contributed by atoms with E-state index >= 15 is 0 Å². The molecule has 0 radical (unpaired) electrons. The van der Waals surface area contributed by atoms with Gasteiger partial charge in [0.15, 0.2) is 0 Å². The molecule has 4 heteroatoms. The van der Waals surface area contributed by atoms with Crippen LogP contribution in [0, 0.1) is 0 Å². The van der Waals surface area contributed by atoms with E-state index in [1.54, 1.807) is 17.7 Å². The van der Waals surface area contributed by atoms with Crippen LogP contribution in [-0.4, -0.2) is 9.97 Å². The Labute approximate surface area is 192 Å². The Kier molecular flexibility index (Phi) is 5.95. The molecule has 3 nitrogen and oxygen atoms in total. The Morgan fingerprint density at radius 1 is 0.781 bits per heavy atom. The molecule has 0 bridgehead atoms. The van der Waals surface area contributed by atoms with Crippen LogP contribution in [0.15, 0.2) is 90.6 Å². The van der Waals surface area contributed by atoms with Crippen LogP contribution < -0.4 is 5.32 Å². The van der Waals surface area contributed by atoms with Gasteiger partial charge >= 0.3 is 0 Å². The SMILES string of the molecule is CCCCc1ccc(Nc2ncnc3scc(-c4ccc(-c5ccccc5)cc4)c23)cc1. The van der Waals surface area contributed by atoms with Gasteiger partial charge in [-0.1, -0.05) is 80.1 Å². The van der Waals surface area contributed by atoms with Crippen LogP contribution in [0.3, 0.4) is 0 Å². The second-order valence-electron chi connectivity index (χ2n) is 7.92. The first kappa shape index (κ1) is 20.4. The number of benzene rings is 3. The fourth-order valence-corrected chi connectivity index (χ4v) is 4.84. The van der Waals surface area contributed by atoms with E-state index in [9.17, 15) is 0 Å². The fourth-order valence-electron chi connectivity index (χ4n) is 3.93. The molecule has 5 rings (SSSR count). The molecule has 3 aromatic carbocycles. The van der Waals surface area contributed by atoms with E-state index in [-0.39, 0.29) is 0 Å². The smallest absolute Gasteiger partial charge is 0.143 e. The lowest BCUT2D eigenvalue weighted by Crippen LogP contribution is -1.96. The number of rotatable bonds is 7. The minimum absolute atomic E-state index is 0.847. The highest BCUT2D eigenvalue weighted by Crippen LogP contribution is 2.38. The van der Waals surface area contributed by atoms with Crippen molar-refractivity contribution >= 4 is 33.1 Å². The molecular formula is C28H25N3S. The maximum Gasteiger partial charge on any atom is 0.143 e. The topological polar surface area (TPSA) is 37.8 Å². The molecule has 1 N–H and O–H groups in total. The molecule has 0 saturated carbocycles. The number of anilines is 2. The predicted octanol–water partition coefficient (Wildman–Crippen LogP) is 8.11. The summed E-state index contributed by atoms with van der Waals surface area (Å²) < 4.78 is 0. The molecule has 0 aliphatic heterocycles. The van der Waals surface area contributed by atoms with Crippen LogP contribution in [0.1, 0.15) is 25.3 Å². The van der Waals surface area contributed by atoms with Crippen molar-refractivity contribution in [3.63, 3.8) is 0 Å². The van der Waals surface area contributed by atoms with Gasteiger partial charge in [-0.15, -0.1) is 11.3 Å². The predicted molar refractivity (Wildman–Crippen MR) is 137 cm³/mol. The van der Waals surface area contributed by atoms with Gasteiger partial charge in [0, 0.05) is 16.6 Å². The summed E-state index contributed by atoms with van der Waals surface area (Å²) in [7, 11) is 0. The number of aryl methyl sites for hydroxylation is 1. The largest absolute Gasteiger partial charge is 0.340 e. The minimum atomic E-state index is 0.847. The number of nitrogens with zero attached hydrogens (tertiary/aromatic N) is 2. The zero-order chi connectivity index (χ0) is 21.8. The number of nitrogens with one attached hydrogen (secondary N) is 1. The summed E-state index contributed by atoms with van der Waals surface area (Å²) in [6.45, 7) is 2.23. The third-order valence-corrected chi connectivity index (χ3v) is 6.60. The van der Waals surface area contributed by atoms with E-state index in [0.29, 0.717) is 0 Å². The van der Waals surface area contributed by atoms with Crippen LogP contribution in [0.25, 0.3) is 32.5 Å². The summed E-state index contributed by atoms with van der Waals surface area (Å²) in [5, 5.41) is 6.77. The Hall–Kier alpha value is -3.50. The first-order valence-electron chi connectivity index (χ1n) is 11.1. The fraction of sp³-hybridized carbons (Fsp3) is 0.143. The zero-order valence-electron chi connectivity index (χ0n) is 18.1. The van der Waals surface area contributed by atoms with Crippen LogP contribution >= 0.6 is 11.3 Å². The molecule has 0 spiro atoms. The van der Waals surface area contributed by atoms with Gasteiger partial charge in [0.25, 0.3) is 0 Å². The van der Waals surface area contributed by atoms with Crippen molar-refractivity contribution in [2.24, 2.45) is 0 Å². The number of unbranched alkanes of at least 4 members (excludes halogenated alkanes) is 1. The Morgan fingerprint density at radius 3 is 2.25 bits per heavy atom. The van der Waals surface area contributed by atoms with Gasteiger partial charge in [-0.25, -0.2) is 9.97 Å². The molecule has 0 amide bonds. The van der Waals surface area contributed by atoms with Gasteiger partial charge in [0.2, 0.25) is 0 Å². The maximum absolute atomic E-state index is 4.58. The first-order valence-corrected chi connectivity index (χ1v) is 11.9. The summed E-state index contributed by atoms with van der Waals surface area (Å²) in [5.41, 5.74) is 7.19. The molecule has 2 heterocycles. The van der Waals surface area contributed by atoms with E-state index in [4.69, 9.17) is 0 Å². The van der Waals surface area contributed by atoms with Crippen molar-refractivity contribution in [1.29, 1.82) is 0 Å². The monoisotopic (exact) mass is 435 g/mol. The second-order valence-corrected chi connectivity index (χ2v) is 8.78. The molecular weight excluding hydrogens is 410 g/mol. The van der Waals surface area contributed by atoms with E-state index in [1.807, 2.05) is 6.07 Å². The lowest BCUT2D eigenvalue weighted by Gasteiger charge is -2.10. The molecule has 0 aliphatic rings. The van der Waals surface area contributed by atoms with Gasteiger partial charge in [-0.3, -0.25) is 0 Å². The highest BCUT2D eigenvalue weighted by molar-refractivity contribution is 7.17. The molecule has 2 aromatic heterocycles. The number of thiophene rings is 1. The van der Waals surface area contributed by atoms with Crippen molar-refractivity contribution in [3.05, 3.63) is 96.1 Å². The Morgan fingerprint density at radius 2 is 1.50 bits per heavy atom. The van der Waals surface area contributed by atoms with Crippen LogP contribution in [0.5, 0.6) is 0 Å². The summed E-state index contributed by atoms with van der Waals surface area (Å²) in [6.07, 6.45) is 5.20. The third kappa shape index (κ3) is 4.27. The maximum atomic E-state index is 4.58. The van der Waals surface area contributed by atoms with Crippen LogP contribution in [0.2, 0.25) is 0 Å². The van der Waals surface area contributed by atoms with Crippen LogP contribution in [0.4, 0.5) is 11.5 Å². The Balaban J connectivity index is 1.45. The quantitative estimate of drug-likeness (QED) is 0.280. The summed E-state index contributed by atoms with van der Waals surface area (Å²) in [5.74, 6) is 0.847. The summed E-state index contributed by atoms with van der Waals surface area (Å²) in [4.78, 5) is 10.1. The van der Waals surface area contributed by atoms with Gasteiger partial charge in [-0.05, 0) is 47.2 Å². The van der Waals surface area contributed by atoms with Gasteiger partial charge in [0.1, 0.15) is 17.0 Å². The highest BCUT2D eigenvalue weighted by Gasteiger charge is 2.13. The van der Waals surface area contributed by atoms with Crippen molar-refractivity contribution in [1.82, 2.24) is 9.97 Å². The first-order chi connectivity index (χ1) is 15.8. The lowest BCUT2D eigenvalue weighted by molar-refractivity contribution is 0.795. The van der Waals surface area contributed by atoms with Crippen LogP contribution in [-0.2, 0) is 6.42 Å². The molecule has 5 aromatic rings. The molecule has 32 heavy (non-hydrogen) atoms. The van der Waals surface area contributed by atoms with Gasteiger partial charge in [0.05, 0.1) is 5.39 Å². The standard InChI is InChI=1S/C28H25N3S/c1-2-3-7-20-10-16-24(17-11-20)31-27-26-25(18-32-28(26)30-19-29-27)23-14-12-22(13-15-23)21-8-5-4-6-9-21/h4-6,8-19H,2-3,7H2,1H3,(H,29,30,31). The summed E-state index contributed by atoms with van der Waals surface area (Å²) >= 11 is 1.65. The van der Waals surface area contributed by atoms with Crippen molar-refractivity contribution in [2.45, 2.75) is 26.2 Å².